The first-order chi connectivity index (χ1) is 6.93. The van der Waals surface area contributed by atoms with E-state index in [0.29, 0.717) is 11.3 Å². The summed E-state index contributed by atoms with van der Waals surface area (Å²) in [6, 6.07) is 2.51. The molecule has 0 aromatic carbocycles. The highest BCUT2D eigenvalue weighted by Gasteiger charge is 2.38. The number of halogens is 1. The summed E-state index contributed by atoms with van der Waals surface area (Å²) in [7, 11) is 0. The van der Waals surface area contributed by atoms with Crippen molar-refractivity contribution in [2.75, 3.05) is 5.88 Å². The molecule has 0 atom stereocenters. The van der Waals surface area contributed by atoms with Crippen LogP contribution >= 0.6 is 11.6 Å². The lowest BCUT2D eigenvalue weighted by molar-refractivity contribution is 0.119. The molecule has 0 radical (unpaired) electrons. The van der Waals surface area contributed by atoms with Crippen LogP contribution in [0.4, 0.5) is 0 Å². The van der Waals surface area contributed by atoms with E-state index in [-0.39, 0.29) is 5.41 Å². The van der Waals surface area contributed by atoms with Gasteiger partial charge < -0.3 is 0 Å². The van der Waals surface area contributed by atoms with E-state index in [1.807, 2.05) is 0 Å². The second-order valence-electron chi connectivity index (χ2n) is 5.97. The van der Waals surface area contributed by atoms with E-state index in [2.05, 4.69) is 26.8 Å². The van der Waals surface area contributed by atoms with E-state index in [0.717, 1.165) is 25.2 Å². The lowest BCUT2D eigenvalue weighted by Crippen LogP contribution is -2.32. The second kappa shape index (κ2) is 4.74. The van der Waals surface area contributed by atoms with Crippen LogP contribution in [0.25, 0.3) is 0 Å². The topological polar surface area (TPSA) is 23.8 Å². The van der Waals surface area contributed by atoms with Gasteiger partial charge >= 0.3 is 0 Å². The maximum atomic E-state index is 9.25. The van der Waals surface area contributed by atoms with Gasteiger partial charge in [0.1, 0.15) is 0 Å². The van der Waals surface area contributed by atoms with Gasteiger partial charge in [-0.05, 0) is 43.4 Å². The fraction of sp³-hybridized carbons (Fsp3) is 0.923. The molecule has 1 fully saturated rings. The van der Waals surface area contributed by atoms with Crippen molar-refractivity contribution >= 4 is 11.6 Å². The zero-order chi connectivity index (χ0) is 11.5. The Balaban J connectivity index is 2.58. The van der Waals surface area contributed by atoms with Crippen LogP contribution in [0.15, 0.2) is 0 Å². The van der Waals surface area contributed by atoms with Gasteiger partial charge in [0, 0.05) is 5.88 Å². The van der Waals surface area contributed by atoms with Crippen molar-refractivity contribution < 1.29 is 0 Å². The van der Waals surface area contributed by atoms with Crippen LogP contribution in [0.1, 0.15) is 52.9 Å². The molecule has 0 aromatic heterocycles. The average Bonchev–Trinajstić information content (AvgIpc) is 2.17. The molecule has 0 aromatic rings. The number of hydrogen-bond donors (Lipinski definition) is 0. The minimum Gasteiger partial charge on any atom is -0.198 e. The molecular formula is C13H22ClN. The Hall–Kier alpha value is -0.220. The summed E-state index contributed by atoms with van der Waals surface area (Å²) in [6.45, 7) is 6.91. The quantitative estimate of drug-likeness (QED) is 0.643. The zero-order valence-corrected chi connectivity index (χ0v) is 10.9. The molecule has 86 valence electrons. The highest BCUT2D eigenvalue weighted by atomic mass is 35.5. The number of rotatable bonds is 2. The molecule has 1 saturated carbocycles. The summed E-state index contributed by atoms with van der Waals surface area (Å²) in [6.07, 6.45) is 5.32. The Morgan fingerprint density at radius 3 is 2.20 bits per heavy atom. The molecule has 15 heavy (non-hydrogen) atoms. The van der Waals surface area contributed by atoms with Crippen molar-refractivity contribution in [3.05, 3.63) is 0 Å². The predicted molar refractivity (Wildman–Crippen MR) is 64.8 cm³/mol. The summed E-state index contributed by atoms with van der Waals surface area (Å²) in [4.78, 5) is 0. The minimum atomic E-state index is -0.108. The van der Waals surface area contributed by atoms with E-state index in [1.165, 1.54) is 12.8 Å². The maximum absolute atomic E-state index is 9.25. The van der Waals surface area contributed by atoms with E-state index >= 15 is 0 Å². The van der Waals surface area contributed by atoms with Gasteiger partial charge in [0.15, 0.2) is 0 Å². The summed E-state index contributed by atoms with van der Waals surface area (Å²) in [5.74, 6) is 1.39. The van der Waals surface area contributed by atoms with E-state index < -0.39 is 0 Å². The first-order valence-electron chi connectivity index (χ1n) is 5.91. The monoisotopic (exact) mass is 227 g/mol. The van der Waals surface area contributed by atoms with Crippen LogP contribution in [0.2, 0.25) is 0 Å². The molecule has 0 heterocycles. The summed E-state index contributed by atoms with van der Waals surface area (Å²) < 4.78 is 0. The third kappa shape index (κ3) is 3.11. The van der Waals surface area contributed by atoms with Gasteiger partial charge in [-0.15, -0.1) is 11.6 Å². The highest BCUT2D eigenvalue weighted by Crippen LogP contribution is 2.46. The van der Waals surface area contributed by atoms with Gasteiger partial charge in [0.2, 0.25) is 0 Å². The predicted octanol–water partition coefficient (Wildman–Crippen LogP) is 4.36. The number of hydrogen-bond acceptors (Lipinski definition) is 1. The Morgan fingerprint density at radius 2 is 1.87 bits per heavy atom. The van der Waals surface area contributed by atoms with Crippen molar-refractivity contribution in [1.82, 2.24) is 0 Å². The van der Waals surface area contributed by atoms with Crippen LogP contribution in [-0.4, -0.2) is 5.88 Å². The Labute approximate surface area is 98.8 Å². The fourth-order valence-corrected chi connectivity index (χ4v) is 3.00. The first kappa shape index (κ1) is 12.8. The minimum absolute atomic E-state index is 0.108. The van der Waals surface area contributed by atoms with Crippen LogP contribution < -0.4 is 0 Å². The van der Waals surface area contributed by atoms with Crippen LogP contribution in [0, 0.1) is 28.1 Å². The standard InChI is InChI=1S/C13H22ClN/c1-12(2,3)11-4-6-13(10-15,7-5-11)8-9-14/h11H,4-9H2,1-3H3. The Bertz CT molecular complexity index is 238. The molecule has 0 amide bonds. The molecule has 0 saturated heterocycles. The fourth-order valence-electron chi connectivity index (χ4n) is 2.63. The largest absolute Gasteiger partial charge is 0.198 e. The van der Waals surface area contributed by atoms with Gasteiger partial charge in [-0.25, -0.2) is 0 Å². The maximum Gasteiger partial charge on any atom is 0.0690 e. The number of nitriles is 1. The summed E-state index contributed by atoms with van der Waals surface area (Å²) in [5.41, 5.74) is 0.284. The van der Waals surface area contributed by atoms with E-state index in [4.69, 9.17) is 11.6 Å². The summed E-state index contributed by atoms with van der Waals surface area (Å²) in [5, 5.41) is 9.25. The molecule has 0 unspecified atom stereocenters. The molecule has 1 nitrogen and oxygen atoms in total. The molecular weight excluding hydrogens is 206 g/mol. The lowest BCUT2D eigenvalue weighted by atomic mass is 9.64. The Kier molecular flexibility index (Phi) is 4.06. The van der Waals surface area contributed by atoms with Gasteiger partial charge in [-0.1, -0.05) is 20.8 Å². The average molecular weight is 228 g/mol. The molecule has 1 rings (SSSR count). The van der Waals surface area contributed by atoms with Gasteiger partial charge in [0.05, 0.1) is 11.5 Å². The van der Waals surface area contributed by atoms with E-state index in [1.54, 1.807) is 0 Å². The molecule has 0 N–H and O–H groups in total. The number of alkyl halides is 1. The van der Waals surface area contributed by atoms with Crippen LogP contribution in [0.5, 0.6) is 0 Å². The second-order valence-corrected chi connectivity index (χ2v) is 6.35. The van der Waals surface area contributed by atoms with Crippen molar-refractivity contribution in [3.63, 3.8) is 0 Å². The van der Waals surface area contributed by atoms with Crippen molar-refractivity contribution in [1.29, 1.82) is 5.26 Å². The molecule has 1 aliphatic carbocycles. The van der Waals surface area contributed by atoms with Crippen LogP contribution in [-0.2, 0) is 0 Å². The van der Waals surface area contributed by atoms with Crippen LogP contribution in [0.3, 0.4) is 0 Å². The van der Waals surface area contributed by atoms with Gasteiger partial charge in [-0.3, -0.25) is 0 Å². The normalized spacial score (nSPS) is 32.3. The highest BCUT2D eigenvalue weighted by molar-refractivity contribution is 6.17. The SMILES string of the molecule is CC(C)(C)C1CCC(C#N)(CCCl)CC1. The smallest absolute Gasteiger partial charge is 0.0690 e. The van der Waals surface area contributed by atoms with Crippen molar-refractivity contribution in [2.45, 2.75) is 52.9 Å². The molecule has 1 aliphatic rings. The van der Waals surface area contributed by atoms with Gasteiger partial charge in [-0.2, -0.15) is 5.26 Å². The van der Waals surface area contributed by atoms with Crippen molar-refractivity contribution in [2.24, 2.45) is 16.7 Å². The molecule has 0 bridgehead atoms. The lowest BCUT2D eigenvalue weighted by Gasteiger charge is -2.40. The zero-order valence-electron chi connectivity index (χ0n) is 10.1. The third-order valence-corrected chi connectivity index (χ3v) is 4.17. The van der Waals surface area contributed by atoms with Gasteiger partial charge in [0.25, 0.3) is 0 Å². The summed E-state index contributed by atoms with van der Waals surface area (Å²) >= 11 is 5.78. The molecule has 0 aliphatic heterocycles. The molecule has 0 spiro atoms. The number of nitrogens with zero attached hydrogens (tertiary/aromatic N) is 1. The molecule has 2 heteroatoms. The van der Waals surface area contributed by atoms with E-state index in [9.17, 15) is 5.26 Å². The first-order valence-corrected chi connectivity index (χ1v) is 6.44. The van der Waals surface area contributed by atoms with Crippen molar-refractivity contribution in [3.8, 4) is 6.07 Å². The third-order valence-electron chi connectivity index (χ3n) is 3.98. The Morgan fingerprint density at radius 1 is 1.33 bits per heavy atom.